The molecule has 0 aromatic heterocycles. The van der Waals surface area contributed by atoms with Crippen molar-refractivity contribution < 1.29 is 24.5 Å². The molecule has 0 bridgehead atoms. The predicted octanol–water partition coefficient (Wildman–Crippen LogP) is -0.191. The van der Waals surface area contributed by atoms with Crippen molar-refractivity contribution in [1.29, 1.82) is 0 Å². The van der Waals surface area contributed by atoms with E-state index in [1.165, 1.54) is 0 Å². The molecule has 0 spiro atoms. The lowest BCUT2D eigenvalue weighted by Crippen LogP contribution is -2.46. The maximum atomic E-state index is 11.8. The molecule has 1 aliphatic rings. The fraction of sp³-hybridized carbons (Fsp3) is 0.667. The standard InChI is InChI=1S/C12H20N2O5/c1-8(2)7-19-4-3-13-12(18)14-6-9(15)5-10(14)11(16)17/h9-10,15H,1,3-7H2,2H3,(H,13,18)(H,16,17). The number of aliphatic hydroxyl groups excluding tert-OH is 1. The first-order chi connectivity index (χ1) is 8.91. The van der Waals surface area contributed by atoms with Crippen molar-refractivity contribution in [3.05, 3.63) is 12.2 Å². The first-order valence-electron chi connectivity index (χ1n) is 6.09. The van der Waals surface area contributed by atoms with Gasteiger partial charge in [0.15, 0.2) is 0 Å². The molecule has 0 aliphatic carbocycles. The van der Waals surface area contributed by atoms with E-state index in [9.17, 15) is 14.7 Å². The van der Waals surface area contributed by atoms with Gasteiger partial charge < -0.3 is 25.2 Å². The van der Waals surface area contributed by atoms with Gasteiger partial charge in [0, 0.05) is 19.5 Å². The molecule has 2 amide bonds. The Morgan fingerprint density at radius 1 is 1.53 bits per heavy atom. The maximum absolute atomic E-state index is 11.8. The number of likely N-dealkylation sites (tertiary alicyclic amines) is 1. The molecule has 7 heteroatoms. The third-order valence-electron chi connectivity index (χ3n) is 2.70. The number of amides is 2. The summed E-state index contributed by atoms with van der Waals surface area (Å²) in [5, 5.41) is 20.9. The molecule has 2 unspecified atom stereocenters. The van der Waals surface area contributed by atoms with Gasteiger partial charge in [-0.1, -0.05) is 12.2 Å². The number of carbonyl (C=O) groups excluding carboxylic acids is 1. The predicted molar refractivity (Wildman–Crippen MR) is 67.8 cm³/mol. The van der Waals surface area contributed by atoms with Crippen LogP contribution >= 0.6 is 0 Å². The number of aliphatic hydroxyl groups is 1. The van der Waals surface area contributed by atoms with Gasteiger partial charge >= 0.3 is 12.0 Å². The number of β-amino-alcohol motifs (C(OH)–C–C–N with tert-alkyl or cyclic N) is 1. The van der Waals surface area contributed by atoms with Gasteiger partial charge in [-0.25, -0.2) is 9.59 Å². The number of hydrogen-bond donors (Lipinski definition) is 3. The Morgan fingerprint density at radius 3 is 2.79 bits per heavy atom. The van der Waals surface area contributed by atoms with Gasteiger partial charge in [-0.2, -0.15) is 0 Å². The molecular formula is C12H20N2O5. The van der Waals surface area contributed by atoms with E-state index in [0.717, 1.165) is 10.5 Å². The Labute approximate surface area is 111 Å². The van der Waals surface area contributed by atoms with E-state index in [4.69, 9.17) is 9.84 Å². The van der Waals surface area contributed by atoms with Gasteiger partial charge in [-0.15, -0.1) is 0 Å². The number of hydrogen-bond acceptors (Lipinski definition) is 4. The van der Waals surface area contributed by atoms with Crippen molar-refractivity contribution in [2.75, 3.05) is 26.3 Å². The molecule has 1 heterocycles. The first-order valence-corrected chi connectivity index (χ1v) is 6.09. The quantitative estimate of drug-likeness (QED) is 0.460. The van der Waals surface area contributed by atoms with E-state index in [1.807, 2.05) is 6.92 Å². The van der Waals surface area contributed by atoms with Crippen LogP contribution in [0.4, 0.5) is 4.79 Å². The summed E-state index contributed by atoms with van der Waals surface area (Å²) in [4.78, 5) is 23.8. The average Bonchev–Trinajstić information content (AvgIpc) is 2.70. The fourth-order valence-corrected chi connectivity index (χ4v) is 1.85. The normalized spacial score (nSPS) is 22.3. The van der Waals surface area contributed by atoms with E-state index >= 15 is 0 Å². The van der Waals surface area contributed by atoms with E-state index in [2.05, 4.69) is 11.9 Å². The number of rotatable bonds is 6. The number of nitrogens with zero attached hydrogens (tertiary/aromatic N) is 1. The van der Waals surface area contributed by atoms with Gasteiger partial charge in [-0.3, -0.25) is 0 Å². The zero-order valence-corrected chi connectivity index (χ0v) is 11.0. The van der Waals surface area contributed by atoms with E-state index in [0.29, 0.717) is 13.2 Å². The lowest BCUT2D eigenvalue weighted by molar-refractivity contribution is -0.141. The summed E-state index contributed by atoms with van der Waals surface area (Å²) in [6, 6.07) is -1.46. The number of ether oxygens (including phenoxy) is 1. The van der Waals surface area contributed by atoms with Gasteiger partial charge in [0.1, 0.15) is 6.04 Å². The Hall–Kier alpha value is -1.60. The molecule has 0 aromatic rings. The van der Waals surface area contributed by atoms with Crippen molar-refractivity contribution >= 4 is 12.0 Å². The Kier molecular flexibility index (Phi) is 5.78. The van der Waals surface area contributed by atoms with Crippen LogP contribution < -0.4 is 5.32 Å². The molecule has 7 nitrogen and oxygen atoms in total. The van der Waals surface area contributed by atoms with Crippen LogP contribution in [0.15, 0.2) is 12.2 Å². The van der Waals surface area contributed by atoms with Gasteiger partial charge in [-0.05, 0) is 6.92 Å². The summed E-state index contributed by atoms with van der Waals surface area (Å²) >= 11 is 0. The van der Waals surface area contributed by atoms with Gasteiger partial charge in [0.05, 0.1) is 19.3 Å². The van der Waals surface area contributed by atoms with E-state index in [1.54, 1.807) is 0 Å². The fourth-order valence-electron chi connectivity index (χ4n) is 1.85. The van der Waals surface area contributed by atoms with Crippen molar-refractivity contribution in [2.45, 2.75) is 25.5 Å². The van der Waals surface area contributed by atoms with Crippen LogP contribution in [0, 0.1) is 0 Å². The highest BCUT2D eigenvalue weighted by molar-refractivity contribution is 5.83. The number of urea groups is 1. The number of carboxylic acid groups (broad SMARTS) is 1. The second-order valence-electron chi connectivity index (χ2n) is 4.64. The van der Waals surface area contributed by atoms with Crippen LogP contribution in [0.25, 0.3) is 0 Å². The molecule has 2 atom stereocenters. The topological polar surface area (TPSA) is 99.1 Å². The molecule has 1 fully saturated rings. The largest absolute Gasteiger partial charge is 0.480 e. The molecule has 1 aliphatic heterocycles. The van der Waals surface area contributed by atoms with Crippen LogP contribution in [0.1, 0.15) is 13.3 Å². The minimum Gasteiger partial charge on any atom is -0.480 e. The third-order valence-corrected chi connectivity index (χ3v) is 2.70. The molecule has 1 rings (SSSR count). The molecule has 3 N–H and O–H groups in total. The highest BCUT2D eigenvalue weighted by Crippen LogP contribution is 2.17. The SMILES string of the molecule is C=C(C)COCCNC(=O)N1CC(O)CC1C(=O)O. The molecule has 108 valence electrons. The molecule has 0 aromatic carbocycles. The van der Waals surface area contributed by atoms with Crippen LogP contribution in [-0.4, -0.2) is 65.6 Å². The summed E-state index contributed by atoms with van der Waals surface area (Å²) in [7, 11) is 0. The van der Waals surface area contributed by atoms with Crippen LogP contribution in [0.2, 0.25) is 0 Å². The Balaban J connectivity index is 2.32. The van der Waals surface area contributed by atoms with Crippen molar-refractivity contribution in [2.24, 2.45) is 0 Å². The van der Waals surface area contributed by atoms with Gasteiger partial charge in [0.25, 0.3) is 0 Å². The lowest BCUT2D eigenvalue weighted by Gasteiger charge is -2.21. The van der Waals surface area contributed by atoms with Crippen molar-refractivity contribution in [3.8, 4) is 0 Å². The minimum absolute atomic E-state index is 0.0371. The lowest BCUT2D eigenvalue weighted by atomic mass is 10.2. The Bertz CT molecular complexity index is 358. The summed E-state index contributed by atoms with van der Waals surface area (Å²) in [5.74, 6) is -1.11. The summed E-state index contributed by atoms with van der Waals surface area (Å²) in [6.07, 6.45) is -0.721. The van der Waals surface area contributed by atoms with Gasteiger partial charge in [0.2, 0.25) is 0 Å². The smallest absolute Gasteiger partial charge is 0.326 e. The van der Waals surface area contributed by atoms with Crippen LogP contribution in [0.3, 0.4) is 0 Å². The number of nitrogens with one attached hydrogen (secondary N) is 1. The second kappa shape index (κ2) is 7.10. The average molecular weight is 272 g/mol. The molecule has 0 radical (unpaired) electrons. The summed E-state index contributed by atoms with van der Waals surface area (Å²) in [5.41, 5.74) is 0.889. The van der Waals surface area contributed by atoms with E-state index < -0.39 is 24.1 Å². The third kappa shape index (κ3) is 4.88. The monoisotopic (exact) mass is 272 g/mol. The summed E-state index contributed by atoms with van der Waals surface area (Å²) in [6.45, 7) is 6.58. The van der Waals surface area contributed by atoms with Crippen molar-refractivity contribution in [3.63, 3.8) is 0 Å². The van der Waals surface area contributed by atoms with Crippen LogP contribution in [-0.2, 0) is 9.53 Å². The molecular weight excluding hydrogens is 252 g/mol. The highest BCUT2D eigenvalue weighted by atomic mass is 16.5. The number of carbonyl (C=O) groups is 2. The number of carboxylic acids is 1. The molecule has 1 saturated heterocycles. The zero-order chi connectivity index (χ0) is 14.4. The van der Waals surface area contributed by atoms with Crippen molar-refractivity contribution in [1.82, 2.24) is 10.2 Å². The number of aliphatic carboxylic acids is 1. The summed E-state index contributed by atoms with van der Waals surface area (Å²) < 4.78 is 5.21. The highest BCUT2D eigenvalue weighted by Gasteiger charge is 2.38. The molecule has 0 saturated carbocycles. The first kappa shape index (κ1) is 15.5. The van der Waals surface area contributed by atoms with E-state index in [-0.39, 0.29) is 19.5 Å². The second-order valence-corrected chi connectivity index (χ2v) is 4.64. The minimum atomic E-state index is -1.11. The zero-order valence-electron chi connectivity index (χ0n) is 11.0. The van der Waals surface area contributed by atoms with Crippen LogP contribution in [0.5, 0.6) is 0 Å². The Morgan fingerprint density at radius 2 is 2.21 bits per heavy atom. The maximum Gasteiger partial charge on any atom is 0.326 e. The molecule has 19 heavy (non-hydrogen) atoms.